The van der Waals surface area contributed by atoms with Crippen LogP contribution < -0.4 is 0 Å². The van der Waals surface area contributed by atoms with Gasteiger partial charge in [0.1, 0.15) is 12.6 Å². The van der Waals surface area contributed by atoms with Gasteiger partial charge in [-0.05, 0) is 31.4 Å². The van der Waals surface area contributed by atoms with Gasteiger partial charge in [0.25, 0.3) is 0 Å². The van der Waals surface area contributed by atoms with Gasteiger partial charge in [-0.1, -0.05) is 29.5 Å². The van der Waals surface area contributed by atoms with E-state index < -0.39 is 27.0 Å². The second-order valence-electron chi connectivity index (χ2n) is 6.10. The first kappa shape index (κ1) is 19.5. The van der Waals surface area contributed by atoms with E-state index in [1.807, 2.05) is 0 Å². The van der Waals surface area contributed by atoms with Gasteiger partial charge in [0.2, 0.25) is 10.0 Å². The van der Waals surface area contributed by atoms with E-state index in [9.17, 15) is 23.3 Å². The standard InChI is InChI=1S/C17H18N2O6S2/c20-17(25-11-13-10-16(19(21)22)26-12-13)15-8-4-5-9-18(15)27(23,24)14-6-2-1-3-7-14/h1-3,6-7,10,12,15H,4-5,8-9,11H2. The molecule has 144 valence electrons. The summed E-state index contributed by atoms with van der Waals surface area (Å²) >= 11 is 0.950. The van der Waals surface area contributed by atoms with E-state index in [-0.39, 0.29) is 23.0 Å². The molecule has 1 unspecified atom stereocenters. The fraction of sp³-hybridized carbons (Fsp3) is 0.353. The Labute approximate surface area is 160 Å². The van der Waals surface area contributed by atoms with Gasteiger partial charge < -0.3 is 4.74 Å². The Bertz CT molecular complexity index is 926. The van der Waals surface area contributed by atoms with Crippen LogP contribution in [-0.4, -0.2) is 36.2 Å². The molecule has 0 amide bonds. The van der Waals surface area contributed by atoms with Crippen LogP contribution in [0.15, 0.2) is 46.7 Å². The zero-order chi connectivity index (χ0) is 19.4. The molecule has 1 saturated heterocycles. The maximum atomic E-state index is 12.9. The average Bonchev–Trinajstić information content (AvgIpc) is 3.16. The summed E-state index contributed by atoms with van der Waals surface area (Å²) in [5, 5.41) is 12.2. The highest BCUT2D eigenvalue weighted by atomic mass is 32.2. The molecule has 0 saturated carbocycles. The molecule has 2 aromatic rings. The normalized spacial score (nSPS) is 18.1. The van der Waals surface area contributed by atoms with E-state index in [1.54, 1.807) is 23.6 Å². The first-order chi connectivity index (χ1) is 12.9. The van der Waals surface area contributed by atoms with Crippen LogP contribution in [0.3, 0.4) is 0 Å². The number of nitro groups is 1. The van der Waals surface area contributed by atoms with Crippen molar-refractivity contribution in [2.24, 2.45) is 0 Å². The topological polar surface area (TPSA) is 107 Å². The first-order valence-corrected chi connectivity index (χ1v) is 10.7. The Morgan fingerprint density at radius 1 is 1.30 bits per heavy atom. The van der Waals surface area contributed by atoms with Gasteiger partial charge in [0, 0.05) is 23.6 Å². The summed E-state index contributed by atoms with van der Waals surface area (Å²) in [5.41, 5.74) is 0.508. The summed E-state index contributed by atoms with van der Waals surface area (Å²) in [6.45, 7) is 0.125. The molecule has 1 aliphatic heterocycles. The molecule has 1 aromatic carbocycles. The lowest BCUT2D eigenvalue weighted by molar-refractivity contribution is -0.380. The summed E-state index contributed by atoms with van der Waals surface area (Å²) < 4.78 is 32.3. The van der Waals surface area contributed by atoms with E-state index in [0.717, 1.165) is 17.8 Å². The van der Waals surface area contributed by atoms with Gasteiger partial charge in [-0.25, -0.2) is 8.42 Å². The van der Waals surface area contributed by atoms with Crippen molar-refractivity contribution in [2.45, 2.75) is 36.8 Å². The number of benzene rings is 1. The van der Waals surface area contributed by atoms with E-state index >= 15 is 0 Å². The second-order valence-corrected chi connectivity index (χ2v) is 8.88. The highest BCUT2D eigenvalue weighted by Crippen LogP contribution is 2.27. The number of nitrogens with zero attached hydrogens (tertiary/aromatic N) is 2. The Kier molecular flexibility index (Phi) is 5.88. The van der Waals surface area contributed by atoms with Gasteiger partial charge in [-0.15, -0.1) is 0 Å². The third-order valence-corrected chi connectivity index (χ3v) is 7.13. The second kappa shape index (κ2) is 8.15. The molecular formula is C17H18N2O6S2. The van der Waals surface area contributed by atoms with Crippen molar-refractivity contribution in [3.05, 3.63) is 57.5 Å². The highest BCUT2D eigenvalue weighted by Gasteiger charge is 2.38. The molecule has 1 aromatic heterocycles. The molecule has 10 heteroatoms. The first-order valence-electron chi connectivity index (χ1n) is 8.35. The zero-order valence-corrected chi connectivity index (χ0v) is 15.9. The Morgan fingerprint density at radius 3 is 2.70 bits per heavy atom. The van der Waals surface area contributed by atoms with Crippen molar-refractivity contribution in [1.29, 1.82) is 0 Å². The largest absolute Gasteiger partial charge is 0.460 e. The maximum Gasteiger partial charge on any atom is 0.324 e. The number of hydrogen-bond acceptors (Lipinski definition) is 7. The number of sulfonamides is 1. The van der Waals surface area contributed by atoms with Gasteiger partial charge in [-0.3, -0.25) is 14.9 Å². The quantitative estimate of drug-likeness (QED) is 0.412. The molecule has 0 radical (unpaired) electrons. The monoisotopic (exact) mass is 410 g/mol. The highest BCUT2D eigenvalue weighted by molar-refractivity contribution is 7.89. The van der Waals surface area contributed by atoms with Crippen LogP contribution in [-0.2, 0) is 26.2 Å². The maximum absolute atomic E-state index is 12.9. The molecule has 1 aliphatic rings. The van der Waals surface area contributed by atoms with Crippen LogP contribution >= 0.6 is 11.3 Å². The number of ether oxygens (including phenoxy) is 1. The molecule has 3 rings (SSSR count). The van der Waals surface area contributed by atoms with Crippen LogP contribution in [0.5, 0.6) is 0 Å². The summed E-state index contributed by atoms with van der Waals surface area (Å²) in [4.78, 5) is 22.9. The fourth-order valence-electron chi connectivity index (χ4n) is 2.94. The number of hydrogen-bond donors (Lipinski definition) is 0. The molecular weight excluding hydrogens is 392 g/mol. The fourth-order valence-corrected chi connectivity index (χ4v) is 5.32. The van der Waals surface area contributed by atoms with Crippen molar-refractivity contribution in [3.63, 3.8) is 0 Å². The van der Waals surface area contributed by atoms with Gasteiger partial charge in [-0.2, -0.15) is 4.31 Å². The smallest absolute Gasteiger partial charge is 0.324 e. The van der Waals surface area contributed by atoms with Crippen LogP contribution in [0.25, 0.3) is 0 Å². The lowest BCUT2D eigenvalue weighted by Gasteiger charge is -2.33. The molecule has 0 bridgehead atoms. The van der Waals surface area contributed by atoms with Gasteiger partial charge in [0.05, 0.1) is 9.82 Å². The van der Waals surface area contributed by atoms with E-state index in [4.69, 9.17) is 4.74 Å². The summed E-state index contributed by atoms with van der Waals surface area (Å²) in [7, 11) is -3.80. The predicted octanol–water partition coefficient (Wildman–Crippen LogP) is 2.94. The molecule has 27 heavy (non-hydrogen) atoms. The van der Waals surface area contributed by atoms with Crippen LogP contribution in [0, 0.1) is 10.1 Å². The van der Waals surface area contributed by atoms with Crippen molar-refractivity contribution in [1.82, 2.24) is 4.31 Å². The summed E-state index contributed by atoms with van der Waals surface area (Å²) in [6.07, 6.45) is 1.78. The van der Waals surface area contributed by atoms with E-state index in [1.165, 1.54) is 22.5 Å². The van der Waals surface area contributed by atoms with Crippen molar-refractivity contribution < 1.29 is 22.9 Å². The number of carbonyl (C=O) groups is 1. The molecule has 8 nitrogen and oxygen atoms in total. The van der Waals surface area contributed by atoms with Crippen LogP contribution in [0.4, 0.5) is 5.00 Å². The molecule has 1 atom stereocenters. The number of carbonyl (C=O) groups excluding carboxylic acids is 1. The van der Waals surface area contributed by atoms with Crippen molar-refractivity contribution >= 4 is 32.3 Å². The summed E-state index contributed by atoms with van der Waals surface area (Å²) in [6, 6.07) is 8.44. The van der Waals surface area contributed by atoms with E-state index in [0.29, 0.717) is 18.4 Å². The Hall–Kier alpha value is -2.30. The molecule has 0 aliphatic carbocycles. The van der Waals surface area contributed by atoms with Crippen molar-refractivity contribution in [2.75, 3.05) is 6.54 Å². The number of rotatable bonds is 6. The van der Waals surface area contributed by atoms with Crippen LogP contribution in [0.2, 0.25) is 0 Å². The minimum Gasteiger partial charge on any atom is -0.460 e. The van der Waals surface area contributed by atoms with Crippen molar-refractivity contribution in [3.8, 4) is 0 Å². The SMILES string of the molecule is O=C(OCc1csc([N+](=O)[O-])c1)C1CCCCN1S(=O)(=O)c1ccccc1. The predicted molar refractivity (Wildman–Crippen MR) is 98.7 cm³/mol. The lowest BCUT2D eigenvalue weighted by Crippen LogP contribution is -2.48. The van der Waals surface area contributed by atoms with Crippen LogP contribution in [0.1, 0.15) is 24.8 Å². The van der Waals surface area contributed by atoms with Gasteiger partial charge >= 0.3 is 11.0 Å². The minimum absolute atomic E-state index is 0.0352. The molecule has 0 spiro atoms. The Morgan fingerprint density at radius 2 is 2.04 bits per heavy atom. The number of piperidine rings is 1. The van der Waals surface area contributed by atoms with E-state index in [2.05, 4.69) is 0 Å². The number of esters is 1. The molecule has 0 N–H and O–H groups in total. The lowest BCUT2D eigenvalue weighted by atomic mass is 10.1. The summed E-state index contributed by atoms with van der Waals surface area (Å²) in [5.74, 6) is -0.636. The molecule has 2 heterocycles. The molecule has 1 fully saturated rings. The average molecular weight is 410 g/mol. The third kappa shape index (κ3) is 4.34. The van der Waals surface area contributed by atoms with Gasteiger partial charge in [0.15, 0.2) is 0 Å². The number of thiophene rings is 1. The third-order valence-electron chi connectivity index (χ3n) is 4.28. The minimum atomic E-state index is -3.80. The Balaban J connectivity index is 1.72. The zero-order valence-electron chi connectivity index (χ0n) is 14.3.